The number of nitrogen functional groups attached to an aromatic ring is 1. The normalized spacial score (nSPS) is 17.6. The molecule has 0 unspecified atom stereocenters. The number of benzene rings is 1. The predicted octanol–water partition coefficient (Wildman–Crippen LogP) is 3.40. The predicted molar refractivity (Wildman–Crippen MR) is 137 cm³/mol. The Bertz CT molecular complexity index is 1320. The molecule has 3 heterocycles. The van der Waals surface area contributed by atoms with Crippen molar-refractivity contribution in [1.82, 2.24) is 20.2 Å². The molecule has 2 aromatic heterocycles. The maximum absolute atomic E-state index is 13.8. The van der Waals surface area contributed by atoms with Crippen LogP contribution in [-0.4, -0.2) is 45.8 Å². The summed E-state index contributed by atoms with van der Waals surface area (Å²) in [7, 11) is 1.49. The minimum Gasteiger partial charge on any atom is -0.384 e. The van der Waals surface area contributed by atoms with E-state index in [9.17, 15) is 18.8 Å². The van der Waals surface area contributed by atoms with Gasteiger partial charge in [0, 0.05) is 30.8 Å². The Morgan fingerprint density at radius 3 is 2.62 bits per heavy atom. The SMILES string of the molecule is CC[C@@H](NC(=O)N1C(=O)[C@H](Cc2ccnc(N)c2)[C@H]1C(=O)N(C)c1cccc(F)c1)c1ccc(C)nc1. The number of likely N-dealkylation sites (N-methyl/N-ethyl adjacent to an activating group) is 1. The van der Waals surface area contributed by atoms with E-state index < -0.39 is 41.7 Å². The largest absolute Gasteiger partial charge is 0.384 e. The molecule has 4 rings (SSSR count). The summed E-state index contributed by atoms with van der Waals surface area (Å²) in [6, 6.07) is 10.5. The van der Waals surface area contributed by atoms with Gasteiger partial charge >= 0.3 is 6.03 Å². The number of nitrogens with one attached hydrogen (secondary N) is 1. The number of hydrogen-bond donors (Lipinski definition) is 2. The number of anilines is 2. The van der Waals surface area contributed by atoms with Crippen LogP contribution in [-0.2, 0) is 16.0 Å². The van der Waals surface area contributed by atoms with Crippen LogP contribution < -0.4 is 16.0 Å². The topological polar surface area (TPSA) is 122 Å². The van der Waals surface area contributed by atoms with Gasteiger partial charge in [0.2, 0.25) is 5.91 Å². The van der Waals surface area contributed by atoms with E-state index in [0.717, 1.165) is 16.2 Å². The Balaban J connectivity index is 1.60. The summed E-state index contributed by atoms with van der Waals surface area (Å²) < 4.78 is 13.8. The molecule has 1 aromatic carbocycles. The van der Waals surface area contributed by atoms with E-state index in [-0.39, 0.29) is 12.2 Å². The minimum atomic E-state index is -1.08. The number of halogens is 1. The first-order valence-electron chi connectivity index (χ1n) is 12.0. The van der Waals surface area contributed by atoms with E-state index in [1.807, 2.05) is 26.0 Å². The number of nitrogens with zero attached hydrogens (tertiary/aromatic N) is 4. The fourth-order valence-corrected chi connectivity index (χ4v) is 4.47. The van der Waals surface area contributed by atoms with Crippen molar-refractivity contribution in [3.63, 3.8) is 0 Å². The maximum atomic E-state index is 13.8. The molecule has 3 atom stereocenters. The highest BCUT2D eigenvalue weighted by Gasteiger charge is 2.55. The van der Waals surface area contributed by atoms with Crippen LogP contribution in [0.4, 0.5) is 20.7 Å². The molecular weight excluding hydrogens is 475 g/mol. The quantitative estimate of drug-likeness (QED) is 0.476. The maximum Gasteiger partial charge on any atom is 0.325 e. The van der Waals surface area contributed by atoms with Crippen molar-refractivity contribution in [3.8, 4) is 0 Å². The minimum absolute atomic E-state index is 0.196. The van der Waals surface area contributed by atoms with Crippen LogP contribution in [0.5, 0.6) is 0 Å². The molecule has 4 amide bonds. The molecule has 1 aliphatic rings. The van der Waals surface area contributed by atoms with Gasteiger partial charge in [0.05, 0.1) is 12.0 Å². The van der Waals surface area contributed by atoms with Gasteiger partial charge in [-0.3, -0.25) is 19.5 Å². The summed E-state index contributed by atoms with van der Waals surface area (Å²) in [5.41, 5.74) is 8.45. The van der Waals surface area contributed by atoms with Crippen molar-refractivity contribution < 1.29 is 18.8 Å². The van der Waals surface area contributed by atoms with E-state index in [1.165, 1.54) is 36.3 Å². The average molecular weight is 505 g/mol. The van der Waals surface area contributed by atoms with Crippen LogP contribution in [0.2, 0.25) is 0 Å². The highest BCUT2D eigenvalue weighted by Crippen LogP contribution is 2.33. The van der Waals surface area contributed by atoms with E-state index >= 15 is 0 Å². The second kappa shape index (κ2) is 10.7. The highest BCUT2D eigenvalue weighted by molar-refractivity contribution is 6.12. The lowest BCUT2D eigenvalue weighted by Gasteiger charge is -2.46. The number of nitrogens with two attached hydrogens (primary N) is 1. The summed E-state index contributed by atoms with van der Waals surface area (Å²) in [4.78, 5) is 50.7. The average Bonchev–Trinajstić information content (AvgIpc) is 2.88. The molecule has 1 saturated heterocycles. The molecule has 0 aliphatic carbocycles. The van der Waals surface area contributed by atoms with Crippen LogP contribution in [0.25, 0.3) is 0 Å². The number of amides is 4. The molecule has 37 heavy (non-hydrogen) atoms. The van der Waals surface area contributed by atoms with Crippen LogP contribution in [0.1, 0.15) is 36.2 Å². The number of aromatic nitrogens is 2. The summed E-state index contributed by atoms with van der Waals surface area (Å²) in [5.74, 6) is -1.99. The molecule has 1 fully saturated rings. The van der Waals surface area contributed by atoms with Crippen LogP contribution in [0.15, 0.2) is 60.9 Å². The number of likely N-dealkylation sites (tertiary alicyclic amines) is 1. The Morgan fingerprint density at radius 1 is 1.19 bits per heavy atom. The number of β-lactam (4-membered cyclic amide) rings is 1. The van der Waals surface area contributed by atoms with Gasteiger partial charge in [0.1, 0.15) is 17.7 Å². The molecule has 3 aromatic rings. The summed E-state index contributed by atoms with van der Waals surface area (Å²) in [5, 5.41) is 2.87. The van der Waals surface area contributed by atoms with E-state index in [4.69, 9.17) is 5.73 Å². The first-order valence-corrected chi connectivity index (χ1v) is 12.0. The Morgan fingerprint density at radius 2 is 1.97 bits per heavy atom. The molecule has 0 spiro atoms. The van der Waals surface area contributed by atoms with Gasteiger partial charge in [0.25, 0.3) is 5.91 Å². The number of aryl methyl sites for hydroxylation is 1. The molecule has 10 heteroatoms. The smallest absolute Gasteiger partial charge is 0.325 e. The number of hydrogen-bond acceptors (Lipinski definition) is 6. The monoisotopic (exact) mass is 504 g/mol. The molecule has 192 valence electrons. The third-order valence-corrected chi connectivity index (χ3v) is 6.56. The highest BCUT2D eigenvalue weighted by atomic mass is 19.1. The standard InChI is InChI=1S/C27H29FN6O3/c1-4-22(18-9-8-16(2)31-15-18)32-27(37)34-24(26(36)33(3)20-7-5-6-19(28)14-20)21(25(34)35)12-17-10-11-30-23(29)13-17/h5-11,13-15,21-22,24H,4,12H2,1-3H3,(H2,29,30)(H,32,37)/t21-,22-,24+/m1/s1. The molecule has 0 bridgehead atoms. The Labute approximate surface area is 214 Å². The van der Waals surface area contributed by atoms with Crippen molar-refractivity contribution in [2.24, 2.45) is 5.92 Å². The van der Waals surface area contributed by atoms with Gasteiger partial charge in [-0.1, -0.05) is 19.1 Å². The number of carbonyl (C=O) groups excluding carboxylic acids is 3. The van der Waals surface area contributed by atoms with Crippen molar-refractivity contribution >= 4 is 29.4 Å². The third-order valence-electron chi connectivity index (χ3n) is 6.56. The molecule has 3 N–H and O–H groups in total. The third kappa shape index (κ3) is 5.42. The number of carbonyl (C=O) groups is 3. The Kier molecular flexibility index (Phi) is 7.47. The summed E-state index contributed by atoms with van der Waals surface area (Å²) in [6.45, 7) is 3.77. The van der Waals surface area contributed by atoms with Crippen LogP contribution in [0.3, 0.4) is 0 Å². The van der Waals surface area contributed by atoms with Crippen LogP contribution >= 0.6 is 0 Å². The molecule has 0 saturated carbocycles. The van der Waals surface area contributed by atoms with Gasteiger partial charge in [-0.25, -0.2) is 14.2 Å². The second-order valence-corrected chi connectivity index (χ2v) is 9.07. The van der Waals surface area contributed by atoms with E-state index in [1.54, 1.807) is 24.4 Å². The van der Waals surface area contributed by atoms with Crippen LogP contribution in [0, 0.1) is 18.7 Å². The van der Waals surface area contributed by atoms with E-state index in [0.29, 0.717) is 17.7 Å². The first-order chi connectivity index (χ1) is 17.7. The Hall–Kier alpha value is -4.34. The fourth-order valence-electron chi connectivity index (χ4n) is 4.47. The lowest BCUT2D eigenvalue weighted by atomic mass is 9.81. The second-order valence-electron chi connectivity index (χ2n) is 9.07. The van der Waals surface area contributed by atoms with Crippen molar-refractivity contribution in [2.45, 2.75) is 38.8 Å². The van der Waals surface area contributed by atoms with Gasteiger partial charge in [0.15, 0.2) is 0 Å². The number of imide groups is 1. The number of pyridine rings is 2. The van der Waals surface area contributed by atoms with E-state index in [2.05, 4.69) is 15.3 Å². The van der Waals surface area contributed by atoms with Gasteiger partial charge in [-0.15, -0.1) is 0 Å². The van der Waals surface area contributed by atoms with Gasteiger partial charge < -0.3 is 16.0 Å². The van der Waals surface area contributed by atoms with Crippen molar-refractivity contribution in [3.05, 3.63) is 83.6 Å². The van der Waals surface area contributed by atoms with Gasteiger partial charge in [-0.05, 0) is 67.3 Å². The zero-order chi connectivity index (χ0) is 26.7. The zero-order valence-corrected chi connectivity index (χ0v) is 20.9. The van der Waals surface area contributed by atoms with Crippen molar-refractivity contribution in [1.29, 1.82) is 0 Å². The van der Waals surface area contributed by atoms with Gasteiger partial charge in [-0.2, -0.15) is 0 Å². The molecule has 9 nitrogen and oxygen atoms in total. The molecular formula is C27H29FN6O3. The fraction of sp³-hybridized carbons (Fsp3) is 0.296. The summed E-state index contributed by atoms with van der Waals surface area (Å²) >= 11 is 0. The molecule has 0 radical (unpaired) electrons. The lowest BCUT2D eigenvalue weighted by molar-refractivity contribution is -0.156. The number of rotatable bonds is 7. The number of urea groups is 1. The first kappa shape index (κ1) is 25.7. The molecule has 1 aliphatic heterocycles. The van der Waals surface area contributed by atoms with Crippen molar-refractivity contribution in [2.75, 3.05) is 17.7 Å². The lowest BCUT2D eigenvalue weighted by Crippen LogP contribution is -2.70. The summed E-state index contributed by atoms with van der Waals surface area (Å²) in [6.07, 6.45) is 3.95. The zero-order valence-electron chi connectivity index (χ0n) is 20.9.